The fourth-order valence-electron chi connectivity index (χ4n) is 2.09. The van der Waals surface area contributed by atoms with E-state index in [4.69, 9.17) is 14.2 Å². The minimum atomic E-state index is 0.506. The highest BCUT2D eigenvalue weighted by atomic mass is 16.5. The summed E-state index contributed by atoms with van der Waals surface area (Å²) < 4.78 is 16.0. The number of nitrogens with one attached hydrogen (secondary N) is 1. The standard InChI is InChI=1S/C17H29NO3/c1-4-18-15(2)14-16-6-8-17(9-7-16)21-11-5-10-20-13-12-19-3/h6-9,15,18H,4-5,10-14H2,1-3H3. The predicted octanol–water partition coefficient (Wildman–Crippen LogP) is 2.66. The van der Waals surface area contributed by atoms with Crippen LogP contribution in [-0.2, 0) is 15.9 Å². The Morgan fingerprint density at radius 3 is 2.48 bits per heavy atom. The van der Waals surface area contributed by atoms with Crippen LogP contribution in [0.2, 0.25) is 0 Å². The van der Waals surface area contributed by atoms with Crippen LogP contribution in [0.15, 0.2) is 24.3 Å². The van der Waals surface area contributed by atoms with E-state index in [2.05, 4.69) is 31.3 Å². The molecule has 0 fully saturated rings. The number of ether oxygens (including phenoxy) is 3. The van der Waals surface area contributed by atoms with E-state index in [1.807, 2.05) is 12.1 Å². The van der Waals surface area contributed by atoms with Crippen molar-refractivity contribution in [3.05, 3.63) is 29.8 Å². The molecule has 0 aromatic heterocycles. The summed E-state index contributed by atoms with van der Waals surface area (Å²) in [6.07, 6.45) is 1.93. The topological polar surface area (TPSA) is 39.7 Å². The first-order valence-corrected chi connectivity index (χ1v) is 7.78. The lowest BCUT2D eigenvalue weighted by Crippen LogP contribution is -2.27. The van der Waals surface area contributed by atoms with Crippen LogP contribution in [0.3, 0.4) is 0 Å². The summed E-state index contributed by atoms with van der Waals surface area (Å²) in [5.74, 6) is 0.923. The van der Waals surface area contributed by atoms with Crippen LogP contribution in [0, 0.1) is 0 Å². The van der Waals surface area contributed by atoms with Gasteiger partial charge in [0, 0.05) is 26.2 Å². The molecule has 1 rings (SSSR count). The average Bonchev–Trinajstić information content (AvgIpc) is 2.48. The molecule has 0 heterocycles. The van der Waals surface area contributed by atoms with Gasteiger partial charge in [-0.3, -0.25) is 0 Å². The smallest absolute Gasteiger partial charge is 0.119 e. The van der Waals surface area contributed by atoms with Gasteiger partial charge in [-0.05, 0) is 37.6 Å². The van der Waals surface area contributed by atoms with Gasteiger partial charge in [0.05, 0.1) is 19.8 Å². The summed E-state index contributed by atoms with van der Waals surface area (Å²) in [7, 11) is 1.68. The van der Waals surface area contributed by atoms with Crippen LogP contribution >= 0.6 is 0 Å². The maximum absolute atomic E-state index is 5.69. The Balaban J connectivity index is 2.16. The predicted molar refractivity (Wildman–Crippen MR) is 86.1 cm³/mol. The molecule has 1 unspecified atom stereocenters. The molecule has 0 aliphatic carbocycles. The van der Waals surface area contributed by atoms with Crippen LogP contribution in [-0.4, -0.2) is 46.1 Å². The van der Waals surface area contributed by atoms with Crippen LogP contribution < -0.4 is 10.1 Å². The van der Waals surface area contributed by atoms with Gasteiger partial charge in [0.2, 0.25) is 0 Å². The van der Waals surface area contributed by atoms with Gasteiger partial charge in [0.1, 0.15) is 5.75 Å². The SMILES string of the molecule is CCNC(C)Cc1ccc(OCCCOCCOC)cc1. The van der Waals surface area contributed by atoms with Gasteiger partial charge in [0.15, 0.2) is 0 Å². The van der Waals surface area contributed by atoms with E-state index >= 15 is 0 Å². The first-order valence-electron chi connectivity index (χ1n) is 7.78. The Morgan fingerprint density at radius 2 is 1.81 bits per heavy atom. The lowest BCUT2D eigenvalue weighted by atomic mass is 10.1. The van der Waals surface area contributed by atoms with Gasteiger partial charge < -0.3 is 19.5 Å². The number of methoxy groups -OCH3 is 1. The second-order valence-electron chi connectivity index (χ2n) is 5.11. The molecule has 1 N–H and O–H groups in total. The highest BCUT2D eigenvalue weighted by Gasteiger charge is 2.02. The molecule has 0 aliphatic heterocycles. The zero-order chi connectivity index (χ0) is 15.3. The zero-order valence-electron chi connectivity index (χ0n) is 13.6. The van der Waals surface area contributed by atoms with Crippen molar-refractivity contribution >= 4 is 0 Å². The fraction of sp³-hybridized carbons (Fsp3) is 0.647. The quantitative estimate of drug-likeness (QED) is 0.602. The highest BCUT2D eigenvalue weighted by molar-refractivity contribution is 5.27. The number of hydrogen-bond acceptors (Lipinski definition) is 4. The van der Waals surface area contributed by atoms with Crippen molar-refractivity contribution in [2.75, 3.05) is 40.1 Å². The lowest BCUT2D eigenvalue weighted by Gasteiger charge is -2.12. The molecular weight excluding hydrogens is 266 g/mol. The van der Waals surface area contributed by atoms with E-state index in [0.29, 0.717) is 32.5 Å². The number of benzene rings is 1. The summed E-state index contributed by atoms with van der Waals surface area (Å²) in [6, 6.07) is 8.86. The van der Waals surface area contributed by atoms with Gasteiger partial charge in [-0.2, -0.15) is 0 Å². The van der Waals surface area contributed by atoms with Crippen LogP contribution in [0.1, 0.15) is 25.8 Å². The molecular formula is C17H29NO3. The molecule has 1 atom stereocenters. The summed E-state index contributed by atoms with van der Waals surface area (Å²) in [5.41, 5.74) is 1.33. The molecule has 0 amide bonds. The van der Waals surface area contributed by atoms with Crippen LogP contribution in [0.5, 0.6) is 5.75 Å². The Bertz CT molecular complexity index is 354. The zero-order valence-corrected chi connectivity index (χ0v) is 13.6. The molecule has 1 aromatic carbocycles. The van der Waals surface area contributed by atoms with Crippen molar-refractivity contribution in [1.29, 1.82) is 0 Å². The molecule has 1 aromatic rings. The molecule has 4 nitrogen and oxygen atoms in total. The van der Waals surface area contributed by atoms with Gasteiger partial charge in [0.25, 0.3) is 0 Å². The Kier molecular flexibility index (Phi) is 9.87. The van der Waals surface area contributed by atoms with Gasteiger partial charge >= 0.3 is 0 Å². The third-order valence-electron chi connectivity index (χ3n) is 3.15. The Labute approximate surface area is 128 Å². The van der Waals surface area contributed by atoms with E-state index < -0.39 is 0 Å². The fourth-order valence-corrected chi connectivity index (χ4v) is 2.09. The first kappa shape index (κ1) is 18.0. The molecule has 0 bridgehead atoms. The molecule has 0 radical (unpaired) electrons. The Morgan fingerprint density at radius 1 is 1.05 bits per heavy atom. The minimum absolute atomic E-state index is 0.506. The molecule has 0 saturated heterocycles. The number of likely N-dealkylation sites (N-methyl/N-ethyl adjacent to an activating group) is 1. The van der Waals surface area contributed by atoms with Crippen molar-refractivity contribution < 1.29 is 14.2 Å². The summed E-state index contributed by atoms with van der Waals surface area (Å²) in [4.78, 5) is 0. The van der Waals surface area contributed by atoms with Crippen LogP contribution in [0.25, 0.3) is 0 Å². The van der Waals surface area contributed by atoms with Gasteiger partial charge in [-0.25, -0.2) is 0 Å². The maximum Gasteiger partial charge on any atom is 0.119 e. The third-order valence-corrected chi connectivity index (χ3v) is 3.15. The maximum atomic E-state index is 5.69. The van der Waals surface area contributed by atoms with E-state index in [9.17, 15) is 0 Å². The molecule has 4 heteroatoms. The van der Waals surface area contributed by atoms with Crippen LogP contribution in [0.4, 0.5) is 0 Å². The van der Waals surface area contributed by atoms with Crippen molar-refractivity contribution in [3.8, 4) is 5.75 Å². The van der Waals surface area contributed by atoms with Gasteiger partial charge in [-0.15, -0.1) is 0 Å². The van der Waals surface area contributed by atoms with E-state index in [1.165, 1.54) is 5.56 Å². The van der Waals surface area contributed by atoms with Crippen molar-refractivity contribution in [1.82, 2.24) is 5.32 Å². The first-order chi connectivity index (χ1) is 10.3. The second kappa shape index (κ2) is 11.5. The van der Waals surface area contributed by atoms with Gasteiger partial charge in [-0.1, -0.05) is 19.1 Å². The highest BCUT2D eigenvalue weighted by Crippen LogP contribution is 2.13. The summed E-state index contributed by atoms with van der Waals surface area (Å²) >= 11 is 0. The average molecular weight is 295 g/mol. The van der Waals surface area contributed by atoms with E-state index in [-0.39, 0.29) is 0 Å². The Hall–Kier alpha value is -1.10. The van der Waals surface area contributed by atoms with Crippen molar-refractivity contribution in [2.24, 2.45) is 0 Å². The summed E-state index contributed by atoms with van der Waals surface area (Å²) in [5, 5.41) is 3.42. The molecule has 0 aliphatic rings. The molecule has 120 valence electrons. The lowest BCUT2D eigenvalue weighted by molar-refractivity contribution is 0.0644. The molecule has 0 saturated carbocycles. The molecule has 0 spiro atoms. The number of hydrogen-bond donors (Lipinski definition) is 1. The second-order valence-corrected chi connectivity index (χ2v) is 5.11. The van der Waals surface area contributed by atoms with E-state index in [0.717, 1.165) is 25.1 Å². The van der Waals surface area contributed by atoms with Crippen molar-refractivity contribution in [3.63, 3.8) is 0 Å². The third kappa shape index (κ3) is 8.71. The van der Waals surface area contributed by atoms with Crippen molar-refractivity contribution in [2.45, 2.75) is 32.7 Å². The number of rotatable bonds is 12. The normalized spacial score (nSPS) is 12.3. The minimum Gasteiger partial charge on any atom is -0.494 e. The monoisotopic (exact) mass is 295 g/mol. The summed E-state index contributed by atoms with van der Waals surface area (Å²) in [6.45, 7) is 8.03. The molecule has 21 heavy (non-hydrogen) atoms. The van der Waals surface area contributed by atoms with E-state index in [1.54, 1.807) is 7.11 Å². The largest absolute Gasteiger partial charge is 0.494 e.